The summed E-state index contributed by atoms with van der Waals surface area (Å²) in [5.41, 5.74) is 2.78. The van der Waals surface area contributed by atoms with Crippen LogP contribution < -0.4 is 0 Å². The average molecular weight is 323 g/mol. The fourth-order valence-corrected chi connectivity index (χ4v) is 3.26. The van der Waals surface area contributed by atoms with Crippen molar-refractivity contribution in [3.8, 4) is 0 Å². The van der Waals surface area contributed by atoms with Crippen LogP contribution in [0.2, 0.25) is 0 Å². The number of carbonyl (C=O) groups is 1. The molecule has 5 heteroatoms. The number of hydrogen-bond donors (Lipinski definition) is 0. The van der Waals surface area contributed by atoms with E-state index in [1.807, 2.05) is 12.1 Å². The maximum atomic E-state index is 13.4. The lowest BCUT2D eigenvalue weighted by Gasteiger charge is -2.32. The van der Waals surface area contributed by atoms with Crippen molar-refractivity contribution in [3.63, 3.8) is 0 Å². The maximum Gasteiger partial charge on any atom is 0.260 e. The van der Waals surface area contributed by atoms with Crippen LogP contribution in [0.25, 0.3) is 27.9 Å². The van der Waals surface area contributed by atoms with Gasteiger partial charge in [-0.3, -0.25) is 4.79 Å². The molecule has 0 unspecified atom stereocenters. The Morgan fingerprint density at radius 2 is 1.79 bits per heavy atom. The minimum Gasteiger partial charge on any atom is -0.343 e. The molecule has 1 aromatic heterocycles. The van der Waals surface area contributed by atoms with Gasteiger partial charge in [0.25, 0.3) is 5.79 Å². The normalized spacial score (nSPS) is 15.9. The fourth-order valence-electron chi connectivity index (χ4n) is 3.26. The molecule has 1 aliphatic rings. The van der Waals surface area contributed by atoms with Gasteiger partial charge in [-0.05, 0) is 36.4 Å². The zero-order chi connectivity index (χ0) is 16.9. The Kier molecular flexibility index (Phi) is 3.23. The second-order valence-corrected chi connectivity index (χ2v) is 5.65. The number of methoxy groups -OCH3 is 2. The summed E-state index contributed by atoms with van der Waals surface area (Å²) in [7, 11) is 2.87. The molecule has 4 rings (SSSR count). The van der Waals surface area contributed by atoms with E-state index in [0.717, 1.165) is 16.3 Å². The zero-order valence-corrected chi connectivity index (χ0v) is 13.2. The summed E-state index contributed by atoms with van der Waals surface area (Å²) in [4.78, 5) is 17.0. The first-order chi connectivity index (χ1) is 11.6. The van der Waals surface area contributed by atoms with Gasteiger partial charge in [0.15, 0.2) is 0 Å². The molecule has 4 nitrogen and oxygen atoms in total. The number of ether oxygens (including phenoxy) is 2. The molecule has 0 saturated heterocycles. The molecule has 1 heterocycles. The molecule has 0 atom stereocenters. The lowest BCUT2D eigenvalue weighted by atomic mass is 9.88. The quantitative estimate of drug-likeness (QED) is 0.534. The molecule has 1 aliphatic carbocycles. The summed E-state index contributed by atoms with van der Waals surface area (Å²) in [5, 5.41) is 1.58. The summed E-state index contributed by atoms with van der Waals surface area (Å²) in [6.45, 7) is 0. The van der Waals surface area contributed by atoms with E-state index >= 15 is 0 Å². The van der Waals surface area contributed by atoms with Gasteiger partial charge in [-0.25, -0.2) is 9.37 Å². The monoisotopic (exact) mass is 323 g/mol. The molecular formula is C19H14FNO3. The minimum absolute atomic E-state index is 0.276. The Balaban J connectivity index is 2.08. The second-order valence-electron chi connectivity index (χ2n) is 5.65. The van der Waals surface area contributed by atoms with E-state index in [1.165, 1.54) is 32.4 Å². The van der Waals surface area contributed by atoms with Crippen molar-refractivity contribution in [2.45, 2.75) is 5.79 Å². The van der Waals surface area contributed by atoms with E-state index in [-0.39, 0.29) is 11.6 Å². The number of pyridine rings is 1. The van der Waals surface area contributed by atoms with E-state index in [1.54, 1.807) is 18.2 Å². The number of carbonyl (C=O) groups excluding carboxylic acids is 1. The Morgan fingerprint density at radius 3 is 2.54 bits per heavy atom. The lowest BCUT2D eigenvalue weighted by Crippen LogP contribution is -2.41. The Labute approximate surface area is 137 Å². The molecular weight excluding hydrogens is 309 g/mol. The van der Waals surface area contributed by atoms with Crippen molar-refractivity contribution in [2.75, 3.05) is 14.2 Å². The minimum atomic E-state index is -1.46. The van der Waals surface area contributed by atoms with Gasteiger partial charge in [0.05, 0.1) is 11.0 Å². The molecule has 120 valence electrons. The Bertz CT molecular complexity index is 1020. The van der Waals surface area contributed by atoms with E-state index in [4.69, 9.17) is 9.47 Å². The topological polar surface area (TPSA) is 48.4 Å². The molecule has 0 N–H and O–H groups in total. The van der Waals surface area contributed by atoms with E-state index < -0.39 is 5.79 Å². The van der Waals surface area contributed by atoms with Crippen LogP contribution in [0, 0.1) is 5.82 Å². The van der Waals surface area contributed by atoms with Crippen molar-refractivity contribution < 1.29 is 18.7 Å². The highest BCUT2D eigenvalue weighted by Crippen LogP contribution is 2.38. The number of hydrogen-bond acceptors (Lipinski definition) is 4. The first-order valence-corrected chi connectivity index (χ1v) is 7.45. The van der Waals surface area contributed by atoms with Crippen molar-refractivity contribution in [1.82, 2.24) is 4.98 Å². The first-order valence-electron chi connectivity index (χ1n) is 7.45. The highest BCUT2D eigenvalue weighted by Gasteiger charge is 2.43. The van der Waals surface area contributed by atoms with E-state index in [0.29, 0.717) is 16.6 Å². The van der Waals surface area contributed by atoms with E-state index in [2.05, 4.69) is 4.98 Å². The van der Waals surface area contributed by atoms with Crippen LogP contribution >= 0.6 is 0 Å². The summed E-state index contributed by atoms with van der Waals surface area (Å²) >= 11 is 0. The third-order valence-electron chi connectivity index (χ3n) is 4.44. The summed E-state index contributed by atoms with van der Waals surface area (Å²) in [6.07, 6.45) is 3.16. The molecule has 2 aromatic carbocycles. The van der Waals surface area contributed by atoms with Gasteiger partial charge < -0.3 is 9.47 Å². The van der Waals surface area contributed by atoms with Crippen LogP contribution in [-0.2, 0) is 20.1 Å². The highest BCUT2D eigenvalue weighted by atomic mass is 19.1. The van der Waals surface area contributed by atoms with Crippen molar-refractivity contribution in [2.24, 2.45) is 0 Å². The Morgan fingerprint density at radius 1 is 1.00 bits per heavy atom. The van der Waals surface area contributed by atoms with Crippen LogP contribution in [0.4, 0.5) is 4.39 Å². The molecule has 0 aliphatic heterocycles. The zero-order valence-electron chi connectivity index (χ0n) is 13.2. The second kappa shape index (κ2) is 5.19. The van der Waals surface area contributed by atoms with Crippen molar-refractivity contribution in [1.29, 1.82) is 0 Å². The predicted octanol–water partition coefficient (Wildman–Crippen LogP) is 3.57. The van der Waals surface area contributed by atoms with Crippen molar-refractivity contribution >= 4 is 33.7 Å². The van der Waals surface area contributed by atoms with Gasteiger partial charge in [-0.2, -0.15) is 0 Å². The number of ketones is 1. The molecule has 24 heavy (non-hydrogen) atoms. The SMILES string of the molecule is COC1(OC)C(=O)C=Cc2c1ccc1cc3cc(F)ccc3nc21. The first kappa shape index (κ1) is 14.9. The van der Waals surface area contributed by atoms with Crippen molar-refractivity contribution in [3.05, 3.63) is 59.4 Å². The molecule has 3 aromatic rings. The molecule has 0 fully saturated rings. The van der Waals surface area contributed by atoms with Crippen LogP contribution in [0.5, 0.6) is 0 Å². The summed E-state index contributed by atoms with van der Waals surface area (Å²) < 4.78 is 24.3. The number of rotatable bonds is 2. The maximum absolute atomic E-state index is 13.4. The summed E-state index contributed by atoms with van der Waals surface area (Å²) in [6, 6.07) is 9.98. The van der Waals surface area contributed by atoms with Gasteiger partial charge in [0.1, 0.15) is 5.82 Å². The number of halogens is 1. The third-order valence-corrected chi connectivity index (χ3v) is 4.44. The van der Waals surface area contributed by atoms with Gasteiger partial charge in [0.2, 0.25) is 5.78 Å². The third kappa shape index (κ3) is 1.92. The largest absolute Gasteiger partial charge is 0.343 e. The molecule has 0 spiro atoms. The standard InChI is InChI=1S/C19H14FNO3/c1-23-19(24-2)15-6-3-11-9-12-10-13(20)4-7-16(12)21-18(11)14(15)5-8-17(19)22/h3-10H,1-2H3. The van der Waals surface area contributed by atoms with Crippen LogP contribution in [0.15, 0.2) is 42.5 Å². The van der Waals surface area contributed by atoms with Gasteiger partial charge >= 0.3 is 0 Å². The van der Waals surface area contributed by atoms with Gasteiger partial charge in [-0.1, -0.05) is 12.1 Å². The molecule has 0 amide bonds. The van der Waals surface area contributed by atoms with Gasteiger partial charge in [0, 0.05) is 36.1 Å². The van der Waals surface area contributed by atoms with Crippen LogP contribution in [0.3, 0.4) is 0 Å². The lowest BCUT2D eigenvalue weighted by molar-refractivity contribution is -0.209. The molecule has 0 bridgehead atoms. The predicted molar refractivity (Wildman–Crippen MR) is 88.9 cm³/mol. The summed E-state index contributed by atoms with van der Waals surface area (Å²) in [5.74, 6) is -2.04. The number of benzene rings is 2. The Hall–Kier alpha value is -2.63. The average Bonchev–Trinajstić information content (AvgIpc) is 2.60. The van der Waals surface area contributed by atoms with E-state index in [9.17, 15) is 9.18 Å². The van der Waals surface area contributed by atoms with Crippen LogP contribution in [0.1, 0.15) is 11.1 Å². The van der Waals surface area contributed by atoms with Gasteiger partial charge in [-0.15, -0.1) is 0 Å². The number of aromatic nitrogens is 1. The highest BCUT2D eigenvalue weighted by molar-refractivity contribution is 6.07. The number of fused-ring (bicyclic) bond motifs is 4. The number of nitrogens with zero attached hydrogens (tertiary/aromatic N) is 1. The van der Waals surface area contributed by atoms with Crippen LogP contribution in [-0.4, -0.2) is 25.0 Å². The molecule has 0 radical (unpaired) electrons. The smallest absolute Gasteiger partial charge is 0.260 e. The molecule has 0 saturated carbocycles. The fraction of sp³-hybridized carbons (Fsp3) is 0.158.